The second kappa shape index (κ2) is 9.54. The molecular formula is C29H31NO6. The molecule has 0 amide bonds. The van der Waals surface area contributed by atoms with Gasteiger partial charge in [-0.3, -0.25) is 9.59 Å². The highest BCUT2D eigenvalue weighted by atomic mass is 16.5. The summed E-state index contributed by atoms with van der Waals surface area (Å²) in [5.74, 6) is -0.559. The summed E-state index contributed by atoms with van der Waals surface area (Å²) in [5.41, 5.74) is 3.77. The Morgan fingerprint density at radius 1 is 1.06 bits per heavy atom. The molecule has 0 spiro atoms. The summed E-state index contributed by atoms with van der Waals surface area (Å²) in [6, 6.07) is 17.8. The average Bonchev–Trinajstić information content (AvgIpc) is 3.24. The lowest BCUT2D eigenvalue weighted by molar-refractivity contribution is -0.175. The molecule has 36 heavy (non-hydrogen) atoms. The number of hydrogen-bond acceptors (Lipinski definition) is 6. The molecule has 3 heterocycles. The van der Waals surface area contributed by atoms with E-state index >= 15 is 0 Å². The van der Waals surface area contributed by atoms with E-state index in [0.717, 1.165) is 42.4 Å². The molecule has 7 nitrogen and oxygen atoms in total. The van der Waals surface area contributed by atoms with Gasteiger partial charge in [0.1, 0.15) is 6.10 Å². The number of benzene rings is 2. The fraction of sp³-hybridized carbons (Fsp3) is 0.414. The number of carboxylic acid groups (broad SMARTS) is 1. The van der Waals surface area contributed by atoms with Crippen molar-refractivity contribution >= 4 is 11.9 Å². The normalized spacial score (nSPS) is 23.8. The first-order valence-electron chi connectivity index (χ1n) is 12.5. The molecule has 7 heteroatoms. The first-order valence-corrected chi connectivity index (χ1v) is 12.5. The quantitative estimate of drug-likeness (QED) is 0.414. The minimum Gasteiger partial charge on any atom is -0.481 e. The molecule has 6 rings (SSSR count). The van der Waals surface area contributed by atoms with Gasteiger partial charge in [-0.2, -0.15) is 0 Å². The van der Waals surface area contributed by atoms with Crippen molar-refractivity contribution in [2.75, 3.05) is 6.61 Å². The van der Waals surface area contributed by atoms with Crippen molar-refractivity contribution in [3.63, 3.8) is 0 Å². The van der Waals surface area contributed by atoms with Gasteiger partial charge in [0.05, 0.1) is 30.7 Å². The summed E-state index contributed by atoms with van der Waals surface area (Å²) < 4.78 is 17.4. The highest BCUT2D eigenvalue weighted by molar-refractivity contribution is 5.77. The van der Waals surface area contributed by atoms with Crippen LogP contribution in [0.15, 0.2) is 59.1 Å². The van der Waals surface area contributed by atoms with Crippen LogP contribution in [0, 0.1) is 6.92 Å². The summed E-state index contributed by atoms with van der Waals surface area (Å²) in [4.78, 5) is 24.0. The van der Waals surface area contributed by atoms with Crippen LogP contribution >= 0.6 is 0 Å². The molecule has 0 unspecified atom stereocenters. The molecule has 2 aromatic carbocycles. The monoisotopic (exact) mass is 489 g/mol. The first kappa shape index (κ1) is 24.3. The summed E-state index contributed by atoms with van der Waals surface area (Å²) >= 11 is 0. The van der Waals surface area contributed by atoms with Crippen LogP contribution in [-0.4, -0.2) is 34.4 Å². The van der Waals surface area contributed by atoms with E-state index in [9.17, 15) is 14.7 Å². The van der Waals surface area contributed by atoms with Crippen LogP contribution < -0.4 is 0 Å². The second-order valence-electron chi connectivity index (χ2n) is 10.2. The Hall–Kier alpha value is -3.45. The maximum Gasteiger partial charge on any atom is 0.311 e. The molecule has 2 bridgehead atoms. The van der Waals surface area contributed by atoms with Crippen LogP contribution in [0.4, 0.5) is 0 Å². The second-order valence-corrected chi connectivity index (χ2v) is 10.2. The van der Waals surface area contributed by atoms with Crippen LogP contribution in [0.5, 0.6) is 0 Å². The zero-order valence-electron chi connectivity index (χ0n) is 20.7. The van der Waals surface area contributed by atoms with E-state index in [1.807, 2.05) is 56.3 Å². The van der Waals surface area contributed by atoms with Crippen molar-refractivity contribution in [2.24, 2.45) is 0 Å². The molecule has 1 atom stereocenters. The molecule has 2 aliphatic heterocycles. The Balaban J connectivity index is 1.29. The predicted molar refractivity (Wildman–Crippen MR) is 132 cm³/mol. The first-order chi connectivity index (χ1) is 17.3. The average molecular weight is 490 g/mol. The zero-order valence-corrected chi connectivity index (χ0v) is 20.7. The molecule has 1 saturated carbocycles. The number of aromatic nitrogens is 1. The molecule has 3 fully saturated rings. The van der Waals surface area contributed by atoms with Gasteiger partial charge >= 0.3 is 11.9 Å². The lowest BCUT2D eigenvalue weighted by Gasteiger charge is -2.53. The van der Waals surface area contributed by atoms with E-state index in [1.54, 1.807) is 0 Å². The van der Waals surface area contributed by atoms with Gasteiger partial charge in [0.2, 0.25) is 0 Å². The van der Waals surface area contributed by atoms with Gasteiger partial charge in [-0.25, -0.2) is 0 Å². The maximum atomic E-state index is 12.7. The van der Waals surface area contributed by atoms with Gasteiger partial charge < -0.3 is 19.1 Å². The van der Waals surface area contributed by atoms with Crippen LogP contribution in [0.2, 0.25) is 0 Å². The number of carbonyl (C=O) groups excluding carboxylic acids is 1. The van der Waals surface area contributed by atoms with Crippen LogP contribution in [0.25, 0.3) is 11.3 Å². The Kier molecular flexibility index (Phi) is 6.43. The molecule has 1 aliphatic carbocycles. The number of aliphatic carboxylic acids is 1. The van der Waals surface area contributed by atoms with Crippen LogP contribution in [0.1, 0.15) is 67.5 Å². The molecular weight excluding hydrogens is 458 g/mol. The standard InChI is InChI=1S/C29H31NO6/c1-19-24(16-26(33)35-20(2)21-6-4-3-5-7-21)27(36-30-19)22-8-10-23(11-9-22)28-12-14-29(15-13-28,34-18-28)17-25(31)32/h3-11,20H,12-18H2,1-2H3,(H,31,32)/t20-,28?,29?/m1/s1. The predicted octanol–water partition coefficient (Wildman–Crippen LogP) is 5.55. The fourth-order valence-corrected chi connectivity index (χ4v) is 5.61. The highest BCUT2D eigenvalue weighted by Gasteiger charge is 2.51. The van der Waals surface area contributed by atoms with Crippen molar-refractivity contribution in [3.05, 3.63) is 77.0 Å². The number of nitrogens with zero attached hydrogens (tertiary/aromatic N) is 1. The Bertz CT molecular complexity index is 1220. The third-order valence-corrected chi connectivity index (χ3v) is 7.89. The lowest BCUT2D eigenvalue weighted by atomic mass is 9.62. The smallest absolute Gasteiger partial charge is 0.311 e. The van der Waals surface area contributed by atoms with Crippen LogP contribution in [-0.2, 0) is 30.9 Å². The van der Waals surface area contributed by atoms with Gasteiger partial charge in [-0.05, 0) is 50.7 Å². The van der Waals surface area contributed by atoms with Gasteiger partial charge in [0.15, 0.2) is 5.76 Å². The minimum absolute atomic E-state index is 0.0716. The van der Waals surface area contributed by atoms with Gasteiger partial charge in [-0.1, -0.05) is 59.8 Å². The number of rotatable bonds is 8. The van der Waals surface area contributed by atoms with E-state index in [0.29, 0.717) is 18.1 Å². The van der Waals surface area contributed by atoms with E-state index in [1.165, 1.54) is 5.56 Å². The number of aryl methyl sites for hydroxylation is 1. The van der Waals surface area contributed by atoms with E-state index in [-0.39, 0.29) is 30.3 Å². The number of carbonyl (C=O) groups is 2. The zero-order chi connectivity index (χ0) is 25.3. The summed E-state index contributed by atoms with van der Waals surface area (Å²) in [6.07, 6.45) is 3.15. The lowest BCUT2D eigenvalue weighted by Crippen LogP contribution is -2.54. The Morgan fingerprint density at radius 3 is 2.36 bits per heavy atom. The summed E-state index contributed by atoms with van der Waals surface area (Å²) in [7, 11) is 0. The Morgan fingerprint density at radius 2 is 1.75 bits per heavy atom. The number of carboxylic acids is 1. The minimum atomic E-state index is -0.801. The van der Waals surface area contributed by atoms with Crippen molar-refractivity contribution in [1.29, 1.82) is 0 Å². The third-order valence-electron chi connectivity index (χ3n) is 7.89. The number of ether oxygens (including phenoxy) is 2. The SMILES string of the molecule is Cc1noc(-c2ccc(C34CCC(CC(=O)O)(CC3)OC4)cc2)c1CC(=O)O[C@H](C)c1ccccc1. The highest BCUT2D eigenvalue weighted by Crippen LogP contribution is 2.51. The molecule has 1 N–H and O–H groups in total. The number of esters is 1. The van der Waals surface area contributed by atoms with Crippen LogP contribution in [0.3, 0.4) is 0 Å². The number of fused-ring (bicyclic) bond motifs is 3. The fourth-order valence-electron chi connectivity index (χ4n) is 5.61. The largest absolute Gasteiger partial charge is 0.481 e. The molecule has 3 aromatic rings. The molecule has 3 aliphatic rings. The van der Waals surface area contributed by atoms with Gasteiger partial charge in [0, 0.05) is 16.5 Å². The molecule has 1 aromatic heterocycles. The third kappa shape index (κ3) is 4.67. The maximum absolute atomic E-state index is 12.7. The molecule has 188 valence electrons. The van der Waals surface area contributed by atoms with E-state index < -0.39 is 11.6 Å². The van der Waals surface area contributed by atoms with E-state index in [4.69, 9.17) is 14.0 Å². The van der Waals surface area contributed by atoms with Crippen molar-refractivity contribution < 1.29 is 28.7 Å². The molecule has 0 radical (unpaired) electrons. The van der Waals surface area contributed by atoms with Crippen molar-refractivity contribution in [2.45, 2.75) is 69.5 Å². The van der Waals surface area contributed by atoms with Crippen molar-refractivity contribution in [3.8, 4) is 11.3 Å². The van der Waals surface area contributed by atoms with Gasteiger partial charge in [-0.15, -0.1) is 0 Å². The van der Waals surface area contributed by atoms with Gasteiger partial charge in [0.25, 0.3) is 0 Å². The summed E-state index contributed by atoms with van der Waals surface area (Å²) in [6.45, 7) is 4.23. The van der Waals surface area contributed by atoms with Crippen molar-refractivity contribution in [1.82, 2.24) is 5.16 Å². The molecule has 2 saturated heterocycles. The topological polar surface area (TPSA) is 98.9 Å². The van der Waals surface area contributed by atoms with E-state index in [2.05, 4.69) is 17.3 Å². The summed E-state index contributed by atoms with van der Waals surface area (Å²) in [5, 5.41) is 13.4. The number of hydrogen-bond donors (Lipinski definition) is 1. The Labute approximate surface area is 210 Å².